The predicted octanol–water partition coefficient (Wildman–Crippen LogP) is 3.74. The molecule has 4 rings (SSSR count). The number of nitro groups is 1. The van der Waals surface area contributed by atoms with Crippen LogP contribution in [0.15, 0.2) is 42.7 Å². The van der Waals surface area contributed by atoms with E-state index in [1.165, 1.54) is 24.3 Å². The van der Waals surface area contributed by atoms with E-state index < -0.39 is 10.8 Å². The summed E-state index contributed by atoms with van der Waals surface area (Å²) in [7, 11) is 0. The first kappa shape index (κ1) is 19.5. The van der Waals surface area contributed by atoms with Crippen molar-refractivity contribution in [1.29, 1.82) is 0 Å². The Morgan fingerprint density at radius 1 is 1.30 bits per heavy atom. The van der Waals surface area contributed by atoms with Gasteiger partial charge in [-0.05, 0) is 32.0 Å². The fraction of sp³-hybridized carbons (Fsp3) is 0.158. The maximum atomic E-state index is 12.7. The summed E-state index contributed by atoms with van der Waals surface area (Å²) < 4.78 is 3.41. The quantitative estimate of drug-likeness (QED) is 0.384. The van der Waals surface area contributed by atoms with Gasteiger partial charge in [0, 0.05) is 41.2 Å². The minimum atomic E-state index is -0.612. The first-order chi connectivity index (χ1) is 14.4. The molecule has 11 heteroatoms. The molecular weight excluding hydrogens is 410 g/mol. The summed E-state index contributed by atoms with van der Waals surface area (Å²) in [6.07, 6.45) is 3.37. The zero-order chi connectivity index (χ0) is 21.4. The first-order valence-electron chi connectivity index (χ1n) is 9.02. The van der Waals surface area contributed by atoms with Gasteiger partial charge in [-0.2, -0.15) is 10.2 Å². The van der Waals surface area contributed by atoms with Crippen molar-refractivity contribution in [1.82, 2.24) is 24.4 Å². The number of amides is 1. The number of hydrogen-bond donors (Lipinski definition) is 1. The molecule has 0 bridgehead atoms. The zero-order valence-electron chi connectivity index (χ0n) is 16.0. The van der Waals surface area contributed by atoms with Crippen molar-refractivity contribution >= 4 is 34.5 Å². The number of benzene rings is 1. The van der Waals surface area contributed by atoms with Crippen LogP contribution in [0.4, 0.5) is 11.4 Å². The van der Waals surface area contributed by atoms with Crippen LogP contribution in [0.3, 0.4) is 0 Å². The molecule has 0 spiro atoms. The van der Waals surface area contributed by atoms with Crippen molar-refractivity contribution in [3.63, 3.8) is 0 Å². The third-order valence-electron chi connectivity index (χ3n) is 4.67. The lowest BCUT2D eigenvalue weighted by Gasteiger charge is -2.05. The van der Waals surface area contributed by atoms with E-state index in [1.807, 2.05) is 18.5 Å². The van der Waals surface area contributed by atoms with Crippen LogP contribution >= 0.6 is 11.6 Å². The first-order valence-corrected chi connectivity index (χ1v) is 9.39. The van der Waals surface area contributed by atoms with E-state index >= 15 is 0 Å². The maximum Gasteiger partial charge on any atom is 0.294 e. The van der Waals surface area contributed by atoms with Gasteiger partial charge in [0.15, 0.2) is 11.3 Å². The van der Waals surface area contributed by atoms with Crippen LogP contribution in [0.1, 0.15) is 23.1 Å². The highest BCUT2D eigenvalue weighted by molar-refractivity contribution is 6.31. The molecule has 1 amide bonds. The lowest BCUT2D eigenvalue weighted by molar-refractivity contribution is -0.383. The fourth-order valence-corrected chi connectivity index (χ4v) is 3.34. The van der Waals surface area contributed by atoms with Gasteiger partial charge < -0.3 is 5.32 Å². The maximum absolute atomic E-state index is 12.7. The third-order valence-corrected chi connectivity index (χ3v) is 4.91. The number of rotatable bonds is 5. The molecule has 3 aromatic heterocycles. The second-order valence-electron chi connectivity index (χ2n) is 6.46. The van der Waals surface area contributed by atoms with Gasteiger partial charge in [0.1, 0.15) is 5.69 Å². The minimum absolute atomic E-state index is 0.0275. The predicted molar refractivity (Wildman–Crippen MR) is 111 cm³/mol. The van der Waals surface area contributed by atoms with Crippen LogP contribution in [0, 0.1) is 17.0 Å². The van der Waals surface area contributed by atoms with Crippen molar-refractivity contribution < 1.29 is 9.72 Å². The van der Waals surface area contributed by atoms with E-state index in [0.717, 1.165) is 23.5 Å². The summed E-state index contributed by atoms with van der Waals surface area (Å²) in [4.78, 5) is 27.6. The normalized spacial score (nSPS) is 11.0. The highest BCUT2D eigenvalue weighted by atomic mass is 35.5. The smallest absolute Gasteiger partial charge is 0.294 e. The van der Waals surface area contributed by atoms with Gasteiger partial charge in [0.25, 0.3) is 11.6 Å². The monoisotopic (exact) mass is 425 g/mol. The summed E-state index contributed by atoms with van der Waals surface area (Å²) in [6.45, 7) is 4.68. The second-order valence-corrected chi connectivity index (χ2v) is 6.90. The Balaban J connectivity index is 1.72. The molecule has 3 heterocycles. The van der Waals surface area contributed by atoms with Gasteiger partial charge in [-0.1, -0.05) is 11.6 Å². The number of halogens is 1. The van der Waals surface area contributed by atoms with E-state index in [9.17, 15) is 14.9 Å². The number of aryl methyl sites for hydroxylation is 1. The van der Waals surface area contributed by atoms with E-state index in [-0.39, 0.29) is 22.1 Å². The Labute approximate surface area is 175 Å². The highest BCUT2D eigenvalue weighted by Crippen LogP contribution is 2.28. The molecule has 0 unspecified atom stereocenters. The molecule has 0 aliphatic heterocycles. The van der Waals surface area contributed by atoms with Crippen LogP contribution < -0.4 is 5.32 Å². The molecule has 1 aromatic carbocycles. The van der Waals surface area contributed by atoms with E-state index in [2.05, 4.69) is 20.5 Å². The Kier molecular flexibility index (Phi) is 4.92. The molecule has 30 heavy (non-hydrogen) atoms. The van der Waals surface area contributed by atoms with E-state index in [4.69, 9.17) is 11.6 Å². The largest absolute Gasteiger partial charge is 0.315 e. The lowest BCUT2D eigenvalue weighted by Crippen LogP contribution is -2.14. The molecule has 0 saturated heterocycles. The summed E-state index contributed by atoms with van der Waals surface area (Å²) >= 11 is 5.82. The molecular formula is C19H16ClN7O3. The average Bonchev–Trinajstić information content (AvgIpc) is 3.32. The molecule has 0 atom stereocenters. The lowest BCUT2D eigenvalue weighted by atomic mass is 10.2. The number of carbonyl (C=O) groups is 1. The number of nitro benzene ring substituents is 1. The summed E-state index contributed by atoms with van der Waals surface area (Å²) in [6, 6.07) is 7.31. The van der Waals surface area contributed by atoms with Gasteiger partial charge in [-0.25, -0.2) is 9.50 Å². The molecule has 1 N–H and O–H groups in total. The molecule has 4 aromatic rings. The number of aromatic nitrogens is 5. The second kappa shape index (κ2) is 7.56. The van der Waals surface area contributed by atoms with Crippen molar-refractivity contribution in [3.8, 4) is 11.3 Å². The number of fused-ring (bicyclic) bond motifs is 1. The Hall–Kier alpha value is -3.79. The molecule has 0 fully saturated rings. The fourth-order valence-electron chi connectivity index (χ4n) is 3.17. The van der Waals surface area contributed by atoms with Gasteiger partial charge in [0.05, 0.1) is 16.8 Å². The standard InChI is InChI=1S/C19H16ClN7O3/c1-3-25-11(2)13(10-22-25)16-6-7-21-18-9-15(24-26(16)18)19(28)23-14-5-4-12(20)8-17(14)27(29)30/h4-10H,3H2,1-2H3,(H,23,28). The van der Waals surface area contributed by atoms with Crippen LogP contribution in [0.2, 0.25) is 5.02 Å². The summed E-state index contributed by atoms with van der Waals surface area (Å²) in [5, 5.41) is 22.7. The Bertz CT molecular complexity index is 1290. The number of carbonyl (C=O) groups excluding carboxylic acids is 1. The zero-order valence-corrected chi connectivity index (χ0v) is 16.8. The van der Waals surface area contributed by atoms with E-state index in [1.54, 1.807) is 23.0 Å². The summed E-state index contributed by atoms with van der Waals surface area (Å²) in [5.41, 5.74) is 2.82. The minimum Gasteiger partial charge on any atom is -0.315 e. The molecule has 0 saturated carbocycles. The molecule has 152 valence electrons. The molecule has 10 nitrogen and oxygen atoms in total. The molecule has 0 radical (unpaired) electrons. The van der Waals surface area contributed by atoms with E-state index in [0.29, 0.717) is 5.65 Å². The van der Waals surface area contributed by atoms with Gasteiger partial charge in [0.2, 0.25) is 0 Å². The highest BCUT2D eigenvalue weighted by Gasteiger charge is 2.20. The topological polar surface area (TPSA) is 120 Å². The number of nitrogens with zero attached hydrogens (tertiary/aromatic N) is 6. The molecule has 0 aliphatic rings. The SMILES string of the molecule is CCn1ncc(-c2ccnc3cc(C(=O)Nc4ccc(Cl)cc4[N+](=O)[O-])nn23)c1C. The number of anilines is 1. The average molecular weight is 426 g/mol. The van der Waals surface area contributed by atoms with Crippen LogP contribution in [0.5, 0.6) is 0 Å². The van der Waals surface area contributed by atoms with Crippen molar-refractivity contribution in [2.75, 3.05) is 5.32 Å². The third kappa shape index (κ3) is 3.37. The van der Waals surface area contributed by atoms with Crippen LogP contribution in [-0.4, -0.2) is 35.2 Å². The van der Waals surface area contributed by atoms with Crippen molar-refractivity contribution in [2.24, 2.45) is 0 Å². The van der Waals surface area contributed by atoms with Crippen LogP contribution in [-0.2, 0) is 6.54 Å². The van der Waals surface area contributed by atoms with Crippen LogP contribution in [0.25, 0.3) is 16.9 Å². The van der Waals surface area contributed by atoms with Crippen molar-refractivity contribution in [3.05, 3.63) is 69.3 Å². The van der Waals surface area contributed by atoms with Crippen molar-refractivity contribution in [2.45, 2.75) is 20.4 Å². The van der Waals surface area contributed by atoms with Gasteiger partial charge in [-0.3, -0.25) is 19.6 Å². The number of hydrogen-bond acceptors (Lipinski definition) is 6. The Morgan fingerprint density at radius 2 is 2.10 bits per heavy atom. The molecule has 0 aliphatic carbocycles. The van der Waals surface area contributed by atoms with Gasteiger partial charge in [-0.15, -0.1) is 0 Å². The van der Waals surface area contributed by atoms with Gasteiger partial charge >= 0.3 is 0 Å². The number of nitrogens with one attached hydrogen (secondary N) is 1. The Morgan fingerprint density at radius 3 is 2.80 bits per heavy atom. The summed E-state index contributed by atoms with van der Waals surface area (Å²) in [5.74, 6) is -0.599.